The van der Waals surface area contributed by atoms with E-state index in [1.807, 2.05) is 25.1 Å². The number of piperazine rings is 1. The number of halogens is 2. The molecule has 10 heteroatoms. The molecule has 8 nitrogen and oxygen atoms in total. The van der Waals surface area contributed by atoms with Crippen molar-refractivity contribution in [2.45, 2.75) is 38.4 Å². The number of nitrogens with one attached hydrogen (secondary N) is 1. The zero-order chi connectivity index (χ0) is 23.6. The van der Waals surface area contributed by atoms with Gasteiger partial charge in [-0.25, -0.2) is 14.5 Å². The maximum atomic E-state index is 13.4. The Morgan fingerprint density at radius 3 is 2.70 bits per heavy atom. The zero-order valence-corrected chi connectivity index (χ0v) is 20.1. The maximum absolute atomic E-state index is 13.4. The zero-order valence-electron chi connectivity index (χ0n) is 17.8. The van der Waals surface area contributed by atoms with Crippen molar-refractivity contribution in [3.63, 3.8) is 0 Å². The molecule has 5 rings (SSSR count). The summed E-state index contributed by atoms with van der Waals surface area (Å²) in [5, 5.41) is 12.3. The molecule has 3 aliphatic rings. The van der Waals surface area contributed by atoms with Gasteiger partial charge in [-0.1, -0.05) is 27.5 Å². The number of carbonyl (C=O) groups excluding carboxylic acids is 3. The van der Waals surface area contributed by atoms with E-state index in [9.17, 15) is 19.6 Å². The summed E-state index contributed by atoms with van der Waals surface area (Å²) in [6.45, 7) is 3.98. The van der Waals surface area contributed by atoms with Crippen LogP contribution in [-0.4, -0.2) is 52.4 Å². The number of rotatable bonds is 2. The number of fused-ring (bicyclic) bond motifs is 5. The Hall–Kier alpha value is -3.09. The summed E-state index contributed by atoms with van der Waals surface area (Å²) in [6, 6.07) is 8.54. The molecular weight excluding hydrogens is 510 g/mol. The standard InChI is InChI=1S/C23H19BrClN5O3/c1-11-7-14(4-5-16(11)24)27-22(32)28-10-15-8-18(28)20-21(31)30(23(33)29(15)20)17-6-3-13(9-26)19(25)12(17)2/h3-7,15,18,20H,8,10H2,1-2H3,(H,27,32)/t15-,18?,20-/m1/s1. The quantitative estimate of drug-likeness (QED) is 0.584. The highest BCUT2D eigenvalue weighted by Crippen LogP contribution is 2.43. The number of benzene rings is 2. The van der Waals surface area contributed by atoms with Crippen LogP contribution in [-0.2, 0) is 4.79 Å². The first-order valence-electron chi connectivity index (χ1n) is 10.4. The molecule has 3 saturated heterocycles. The van der Waals surface area contributed by atoms with Crippen molar-refractivity contribution in [3.05, 3.63) is 56.5 Å². The van der Waals surface area contributed by atoms with Crippen LogP contribution in [0.1, 0.15) is 23.1 Å². The highest BCUT2D eigenvalue weighted by Gasteiger charge is 2.63. The summed E-state index contributed by atoms with van der Waals surface area (Å²) in [5.41, 5.74) is 2.79. The van der Waals surface area contributed by atoms with Gasteiger partial charge in [0.1, 0.15) is 12.1 Å². The summed E-state index contributed by atoms with van der Waals surface area (Å²) in [5.74, 6) is -0.381. The minimum Gasteiger partial charge on any atom is -0.317 e. The van der Waals surface area contributed by atoms with Gasteiger partial charge in [-0.3, -0.25) is 4.79 Å². The number of nitrogens with zero attached hydrogens (tertiary/aromatic N) is 4. The molecule has 0 aliphatic carbocycles. The minimum atomic E-state index is -0.734. The summed E-state index contributed by atoms with van der Waals surface area (Å²) in [6.07, 6.45) is 0.565. The fourth-order valence-electron chi connectivity index (χ4n) is 5.03. The Morgan fingerprint density at radius 1 is 1.24 bits per heavy atom. The normalized spacial score (nSPS) is 23.2. The molecule has 0 radical (unpaired) electrons. The second-order valence-corrected chi connectivity index (χ2v) is 9.73. The molecule has 2 aromatic rings. The van der Waals surface area contributed by atoms with Crippen molar-refractivity contribution < 1.29 is 14.4 Å². The molecule has 168 valence electrons. The largest absolute Gasteiger partial charge is 0.332 e. The summed E-state index contributed by atoms with van der Waals surface area (Å²) < 4.78 is 0.949. The molecular formula is C23H19BrClN5O3. The lowest BCUT2D eigenvalue weighted by molar-refractivity contribution is -0.120. The van der Waals surface area contributed by atoms with Gasteiger partial charge in [-0.15, -0.1) is 0 Å². The summed E-state index contributed by atoms with van der Waals surface area (Å²) in [7, 11) is 0. The monoisotopic (exact) mass is 527 g/mol. The van der Waals surface area contributed by atoms with Crippen LogP contribution in [0.25, 0.3) is 0 Å². The fraction of sp³-hybridized carbons (Fsp3) is 0.304. The Labute approximate surface area is 203 Å². The molecule has 3 atom stereocenters. The Bertz CT molecular complexity index is 1280. The number of carbonyl (C=O) groups is 3. The summed E-state index contributed by atoms with van der Waals surface area (Å²) >= 11 is 9.72. The van der Waals surface area contributed by atoms with E-state index in [4.69, 9.17) is 11.6 Å². The SMILES string of the molecule is Cc1cc(NC(=O)N2C[C@H]3CC2[C@@H]2C(=O)N(c4ccc(C#N)c(Cl)c4C)C(=O)N32)ccc1Br. The van der Waals surface area contributed by atoms with Crippen molar-refractivity contribution in [1.82, 2.24) is 9.80 Å². The van der Waals surface area contributed by atoms with Gasteiger partial charge in [0.25, 0.3) is 5.91 Å². The van der Waals surface area contributed by atoms with Crippen LogP contribution < -0.4 is 10.2 Å². The Kier molecular flexibility index (Phi) is 5.10. The van der Waals surface area contributed by atoms with Crippen LogP contribution in [0.3, 0.4) is 0 Å². The van der Waals surface area contributed by atoms with Crippen molar-refractivity contribution in [1.29, 1.82) is 5.26 Å². The van der Waals surface area contributed by atoms with Crippen molar-refractivity contribution >= 4 is 56.9 Å². The van der Waals surface area contributed by atoms with Crippen LogP contribution >= 0.6 is 27.5 Å². The van der Waals surface area contributed by atoms with E-state index in [-0.39, 0.29) is 28.6 Å². The molecule has 1 unspecified atom stereocenters. The predicted octanol–water partition coefficient (Wildman–Crippen LogP) is 4.42. The smallest absolute Gasteiger partial charge is 0.317 e. The third-order valence-electron chi connectivity index (χ3n) is 6.65. The van der Waals surface area contributed by atoms with Crippen LogP contribution in [0.5, 0.6) is 0 Å². The second kappa shape index (κ2) is 7.75. The molecule has 1 N–H and O–H groups in total. The highest BCUT2D eigenvalue weighted by atomic mass is 79.9. The fourth-order valence-corrected chi connectivity index (χ4v) is 5.48. The number of likely N-dealkylation sites (tertiary alicyclic amines) is 1. The van der Waals surface area contributed by atoms with Gasteiger partial charge in [-0.05, 0) is 61.7 Å². The van der Waals surface area contributed by atoms with E-state index in [2.05, 4.69) is 21.2 Å². The van der Waals surface area contributed by atoms with E-state index in [0.29, 0.717) is 29.9 Å². The van der Waals surface area contributed by atoms with Crippen LogP contribution in [0.4, 0.5) is 21.0 Å². The molecule has 0 spiro atoms. The van der Waals surface area contributed by atoms with E-state index in [0.717, 1.165) is 14.9 Å². The first kappa shape index (κ1) is 21.7. The topological polar surface area (TPSA) is 96.7 Å². The van der Waals surface area contributed by atoms with Crippen LogP contribution in [0.2, 0.25) is 5.02 Å². The Balaban J connectivity index is 1.40. The lowest BCUT2D eigenvalue weighted by Crippen LogP contribution is -2.55. The molecule has 3 heterocycles. The van der Waals surface area contributed by atoms with E-state index in [1.54, 1.807) is 28.9 Å². The number of anilines is 2. The third-order valence-corrected chi connectivity index (χ3v) is 8.03. The number of imide groups is 1. The second-order valence-electron chi connectivity index (χ2n) is 8.49. The lowest BCUT2D eigenvalue weighted by atomic mass is 10.1. The van der Waals surface area contributed by atoms with E-state index >= 15 is 0 Å². The number of hydrogen-bond acceptors (Lipinski definition) is 4. The molecule has 2 aromatic carbocycles. The average molecular weight is 529 g/mol. The molecule has 5 amide bonds. The van der Waals surface area contributed by atoms with Gasteiger partial charge in [-0.2, -0.15) is 5.26 Å². The molecule has 0 aromatic heterocycles. The minimum absolute atomic E-state index is 0.219. The van der Waals surface area contributed by atoms with Gasteiger partial charge in [0.05, 0.1) is 28.4 Å². The van der Waals surface area contributed by atoms with Gasteiger partial charge in [0.15, 0.2) is 0 Å². The Morgan fingerprint density at radius 2 is 2.00 bits per heavy atom. The third kappa shape index (κ3) is 3.20. The molecule has 33 heavy (non-hydrogen) atoms. The molecule has 3 aliphatic heterocycles. The molecule has 2 bridgehead atoms. The van der Waals surface area contributed by atoms with E-state index in [1.165, 1.54) is 6.07 Å². The van der Waals surface area contributed by atoms with Crippen molar-refractivity contribution in [3.8, 4) is 6.07 Å². The van der Waals surface area contributed by atoms with E-state index < -0.39 is 18.1 Å². The lowest BCUT2D eigenvalue weighted by Gasteiger charge is -2.34. The summed E-state index contributed by atoms with van der Waals surface area (Å²) in [4.78, 5) is 44.0. The first-order chi connectivity index (χ1) is 15.7. The molecule has 0 saturated carbocycles. The number of urea groups is 2. The van der Waals surface area contributed by atoms with Gasteiger partial charge in [0.2, 0.25) is 0 Å². The van der Waals surface area contributed by atoms with Gasteiger partial charge >= 0.3 is 12.1 Å². The number of hydrogen-bond donors (Lipinski definition) is 1. The molecule has 3 fully saturated rings. The highest BCUT2D eigenvalue weighted by molar-refractivity contribution is 9.10. The first-order valence-corrected chi connectivity index (χ1v) is 11.6. The number of nitriles is 1. The number of aryl methyl sites for hydroxylation is 1. The van der Waals surface area contributed by atoms with Crippen molar-refractivity contribution in [2.24, 2.45) is 0 Å². The van der Waals surface area contributed by atoms with Gasteiger partial charge in [0, 0.05) is 16.7 Å². The predicted molar refractivity (Wildman–Crippen MR) is 126 cm³/mol. The maximum Gasteiger partial charge on any atom is 0.332 e. The average Bonchev–Trinajstić information content (AvgIpc) is 3.45. The number of amides is 5. The van der Waals surface area contributed by atoms with Crippen LogP contribution in [0, 0.1) is 25.2 Å². The van der Waals surface area contributed by atoms with Crippen molar-refractivity contribution in [2.75, 3.05) is 16.8 Å². The van der Waals surface area contributed by atoms with Gasteiger partial charge < -0.3 is 15.1 Å². The van der Waals surface area contributed by atoms with Crippen LogP contribution in [0.15, 0.2) is 34.8 Å².